The van der Waals surface area contributed by atoms with Crippen LogP contribution in [0.15, 0.2) is 84.9 Å². The van der Waals surface area contributed by atoms with E-state index in [9.17, 15) is 4.79 Å². The Morgan fingerprint density at radius 2 is 1.39 bits per heavy atom. The molecule has 0 bridgehead atoms. The Labute approximate surface area is 168 Å². The highest BCUT2D eigenvalue weighted by Crippen LogP contribution is 2.22. The van der Waals surface area contributed by atoms with Gasteiger partial charge in [0.05, 0.1) is 6.04 Å². The zero-order chi connectivity index (χ0) is 19.8. The molecule has 2 nitrogen and oxygen atoms in total. The van der Waals surface area contributed by atoms with Crippen molar-refractivity contribution >= 4 is 5.91 Å². The van der Waals surface area contributed by atoms with Gasteiger partial charge in [-0.2, -0.15) is 0 Å². The number of benzene rings is 3. The molecule has 28 heavy (non-hydrogen) atoms. The Balaban J connectivity index is 1.75. The summed E-state index contributed by atoms with van der Waals surface area (Å²) >= 11 is 0. The van der Waals surface area contributed by atoms with Gasteiger partial charge in [-0.3, -0.25) is 4.79 Å². The van der Waals surface area contributed by atoms with E-state index in [1.165, 1.54) is 5.56 Å². The number of aryl methyl sites for hydroxylation is 2. The van der Waals surface area contributed by atoms with Gasteiger partial charge in [0.25, 0.3) is 5.91 Å². The Kier molecular flexibility index (Phi) is 7.02. The maximum atomic E-state index is 13.1. The van der Waals surface area contributed by atoms with Crippen molar-refractivity contribution in [2.24, 2.45) is 5.92 Å². The third kappa shape index (κ3) is 5.56. The van der Waals surface area contributed by atoms with Gasteiger partial charge in [-0.05, 0) is 47.9 Å². The van der Waals surface area contributed by atoms with Crippen molar-refractivity contribution in [1.82, 2.24) is 5.32 Å². The molecule has 0 unspecified atom stereocenters. The van der Waals surface area contributed by atoms with Crippen LogP contribution in [0.5, 0.6) is 0 Å². The van der Waals surface area contributed by atoms with Crippen LogP contribution in [0.1, 0.15) is 53.4 Å². The molecule has 0 saturated heterocycles. The van der Waals surface area contributed by atoms with E-state index < -0.39 is 0 Å². The van der Waals surface area contributed by atoms with Gasteiger partial charge in [0.1, 0.15) is 0 Å². The Hall–Kier alpha value is -2.87. The predicted molar refractivity (Wildman–Crippen MR) is 116 cm³/mol. The minimum Gasteiger partial charge on any atom is -0.345 e. The highest BCUT2D eigenvalue weighted by molar-refractivity contribution is 5.96. The van der Waals surface area contributed by atoms with Crippen LogP contribution in [0.4, 0.5) is 0 Å². The number of hydrogen-bond acceptors (Lipinski definition) is 1. The number of hydrogen-bond donors (Lipinski definition) is 1. The molecule has 1 N–H and O–H groups in total. The zero-order valence-corrected chi connectivity index (χ0v) is 16.8. The van der Waals surface area contributed by atoms with Gasteiger partial charge in [0.2, 0.25) is 0 Å². The summed E-state index contributed by atoms with van der Waals surface area (Å²) in [5.41, 5.74) is 4.33. The Morgan fingerprint density at radius 3 is 2.07 bits per heavy atom. The SMILES string of the molecule is CC(C)C[C@@H](NC(=O)c1ccccc1CCc1ccccc1)c1ccccc1. The van der Waals surface area contributed by atoms with Gasteiger partial charge >= 0.3 is 0 Å². The smallest absolute Gasteiger partial charge is 0.252 e. The number of rotatable bonds is 8. The van der Waals surface area contributed by atoms with Crippen molar-refractivity contribution in [3.05, 3.63) is 107 Å². The molecule has 0 aliphatic heterocycles. The minimum absolute atomic E-state index is 0.0122. The average Bonchev–Trinajstić information content (AvgIpc) is 2.73. The normalized spacial score (nSPS) is 12.0. The van der Waals surface area contributed by atoms with Crippen LogP contribution in [0, 0.1) is 5.92 Å². The summed E-state index contributed by atoms with van der Waals surface area (Å²) in [6.45, 7) is 4.38. The fourth-order valence-corrected chi connectivity index (χ4v) is 3.55. The van der Waals surface area contributed by atoms with Crippen LogP contribution < -0.4 is 5.32 Å². The third-order valence-corrected chi connectivity index (χ3v) is 5.00. The van der Waals surface area contributed by atoms with Gasteiger partial charge < -0.3 is 5.32 Å². The maximum absolute atomic E-state index is 13.1. The molecular formula is C26H29NO. The lowest BCUT2D eigenvalue weighted by Crippen LogP contribution is -2.30. The largest absolute Gasteiger partial charge is 0.345 e. The van der Waals surface area contributed by atoms with Crippen molar-refractivity contribution in [2.45, 2.75) is 39.2 Å². The first-order valence-corrected chi connectivity index (χ1v) is 10.1. The lowest BCUT2D eigenvalue weighted by Gasteiger charge is -2.22. The maximum Gasteiger partial charge on any atom is 0.252 e. The molecule has 3 rings (SSSR count). The van der Waals surface area contributed by atoms with Crippen molar-refractivity contribution in [3.8, 4) is 0 Å². The second kappa shape index (κ2) is 9.89. The molecule has 3 aromatic carbocycles. The fourth-order valence-electron chi connectivity index (χ4n) is 3.55. The van der Waals surface area contributed by atoms with Crippen molar-refractivity contribution in [1.29, 1.82) is 0 Å². The molecule has 1 atom stereocenters. The average molecular weight is 372 g/mol. The van der Waals surface area contributed by atoms with Gasteiger partial charge in [0, 0.05) is 5.56 Å². The topological polar surface area (TPSA) is 29.1 Å². The first-order valence-electron chi connectivity index (χ1n) is 10.1. The monoisotopic (exact) mass is 371 g/mol. The molecule has 0 aromatic heterocycles. The van der Waals surface area contributed by atoms with E-state index in [2.05, 4.69) is 61.6 Å². The highest BCUT2D eigenvalue weighted by atomic mass is 16.1. The van der Waals surface area contributed by atoms with E-state index in [0.29, 0.717) is 5.92 Å². The molecular weight excluding hydrogens is 342 g/mol. The summed E-state index contributed by atoms with van der Waals surface area (Å²) in [5, 5.41) is 3.28. The molecule has 3 aromatic rings. The molecule has 0 fully saturated rings. The molecule has 144 valence electrons. The molecule has 2 heteroatoms. The van der Waals surface area contributed by atoms with E-state index in [1.54, 1.807) is 0 Å². The lowest BCUT2D eigenvalue weighted by molar-refractivity contribution is 0.0931. The summed E-state index contributed by atoms with van der Waals surface area (Å²) in [6.07, 6.45) is 2.70. The van der Waals surface area contributed by atoms with E-state index in [0.717, 1.165) is 36.0 Å². The second-order valence-electron chi connectivity index (χ2n) is 7.71. The van der Waals surface area contributed by atoms with E-state index >= 15 is 0 Å². The van der Waals surface area contributed by atoms with Crippen LogP contribution in [0.25, 0.3) is 0 Å². The predicted octanol–water partition coefficient (Wildman–Crippen LogP) is 5.99. The van der Waals surface area contributed by atoms with Crippen LogP contribution in [0.3, 0.4) is 0 Å². The molecule has 0 aliphatic carbocycles. The van der Waals surface area contributed by atoms with E-state index in [-0.39, 0.29) is 11.9 Å². The summed E-state index contributed by atoms with van der Waals surface area (Å²) in [4.78, 5) is 13.1. The fraction of sp³-hybridized carbons (Fsp3) is 0.269. The highest BCUT2D eigenvalue weighted by Gasteiger charge is 2.18. The number of carbonyl (C=O) groups is 1. The van der Waals surface area contributed by atoms with Crippen LogP contribution in [-0.4, -0.2) is 5.91 Å². The third-order valence-electron chi connectivity index (χ3n) is 5.00. The van der Waals surface area contributed by atoms with Crippen molar-refractivity contribution in [2.75, 3.05) is 0 Å². The van der Waals surface area contributed by atoms with Crippen molar-refractivity contribution in [3.63, 3.8) is 0 Å². The van der Waals surface area contributed by atoms with Gasteiger partial charge in [-0.1, -0.05) is 92.7 Å². The number of amides is 1. The quantitative estimate of drug-likeness (QED) is 0.518. The van der Waals surface area contributed by atoms with Crippen molar-refractivity contribution < 1.29 is 4.79 Å². The number of carbonyl (C=O) groups excluding carboxylic acids is 1. The molecule has 0 aliphatic rings. The Bertz CT molecular complexity index is 871. The zero-order valence-electron chi connectivity index (χ0n) is 16.8. The molecule has 0 spiro atoms. The van der Waals surface area contributed by atoms with Crippen LogP contribution in [0.2, 0.25) is 0 Å². The molecule has 0 heterocycles. The number of nitrogens with one attached hydrogen (secondary N) is 1. The summed E-state index contributed by atoms with van der Waals surface area (Å²) in [6, 6.07) is 28.7. The van der Waals surface area contributed by atoms with Gasteiger partial charge in [-0.15, -0.1) is 0 Å². The van der Waals surface area contributed by atoms with E-state index in [4.69, 9.17) is 0 Å². The minimum atomic E-state index is 0.0122. The summed E-state index contributed by atoms with van der Waals surface area (Å²) in [7, 11) is 0. The first-order chi connectivity index (χ1) is 13.6. The second-order valence-corrected chi connectivity index (χ2v) is 7.71. The summed E-state index contributed by atoms with van der Waals surface area (Å²) in [5.74, 6) is 0.511. The standard InChI is InChI=1S/C26H29NO/c1-20(2)19-25(23-14-7-4-8-15-23)27-26(28)24-16-10-9-13-22(24)18-17-21-11-5-3-6-12-21/h3-16,20,25H,17-19H2,1-2H3,(H,27,28)/t25-/m1/s1. The first kappa shape index (κ1) is 19.9. The van der Waals surface area contributed by atoms with Crippen LogP contribution >= 0.6 is 0 Å². The van der Waals surface area contributed by atoms with Crippen LogP contribution in [-0.2, 0) is 12.8 Å². The van der Waals surface area contributed by atoms with E-state index in [1.807, 2.05) is 42.5 Å². The molecule has 0 saturated carbocycles. The lowest BCUT2D eigenvalue weighted by atomic mass is 9.95. The van der Waals surface area contributed by atoms with Gasteiger partial charge in [0.15, 0.2) is 0 Å². The Morgan fingerprint density at radius 1 is 0.786 bits per heavy atom. The molecule has 1 amide bonds. The van der Waals surface area contributed by atoms with Gasteiger partial charge in [-0.25, -0.2) is 0 Å². The molecule has 0 radical (unpaired) electrons. The summed E-state index contributed by atoms with van der Waals surface area (Å²) < 4.78 is 0.